The molecule has 0 radical (unpaired) electrons. The highest BCUT2D eigenvalue weighted by Gasteiger charge is 2.06. The van der Waals surface area contributed by atoms with Crippen LogP contribution in [-0.4, -0.2) is 9.97 Å². The van der Waals surface area contributed by atoms with Gasteiger partial charge in [0.25, 0.3) is 0 Å². The Hall–Kier alpha value is -1.51. The first-order valence-corrected chi connectivity index (χ1v) is 7.32. The van der Waals surface area contributed by atoms with Crippen molar-refractivity contribution in [1.82, 2.24) is 9.97 Å². The number of hydrogen-bond acceptors (Lipinski definition) is 1. The van der Waals surface area contributed by atoms with Crippen molar-refractivity contribution in [1.29, 1.82) is 0 Å². The highest BCUT2D eigenvalue weighted by atomic mass is 35.5. The van der Waals surface area contributed by atoms with Gasteiger partial charge in [-0.3, -0.25) is 0 Å². The van der Waals surface area contributed by atoms with Crippen LogP contribution in [0.5, 0.6) is 0 Å². The Balaban J connectivity index is 1.92. The molecule has 0 unspecified atom stereocenters. The van der Waals surface area contributed by atoms with Gasteiger partial charge in [0.15, 0.2) is 0 Å². The lowest BCUT2D eigenvalue weighted by atomic mass is 10.1. The van der Waals surface area contributed by atoms with E-state index in [4.69, 9.17) is 23.2 Å². The van der Waals surface area contributed by atoms with Crippen LogP contribution in [0.25, 0.3) is 11.0 Å². The minimum absolute atomic E-state index is 0.576. The number of fused-ring (bicyclic) bond motifs is 1. The fraction of sp³-hybridized carbons (Fsp3) is 0.188. The fourth-order valence-electron chi connectivity index (χ4n) is 2.26. The average molecular weight is 305 g/mol. The molecule has 0 fully saturated rings. The molecule has 1 aromatic heterocycles. The highest BCUT2D eigenvalue weighted by molar-refractivity contribution is 6.42. The monoisotopic (exact) mass is 304 g/mol. The molecule has 0 bridgehead atoms. The van der Waals surface area contributed by atoms with Crippen LogP contribution >= 0.6 is 23.2 Å². The molecular weight excluding hydrogens is 291 g/mol. The standard InChI is InChI=1S/C16H14Cl2N2/c1-2-10-4-6-14-15(8-10)20-16(19-14)9-11-3-5-12(17)13(18)7-11/h3-8H,2,9H2,1H3,(H,19,20). The van der Waals surface area contributed by atoms with Crippen molar-refractivity contribution < 1.29 is 0 Å². The first kappa shape index (κ1) is 13.5. The van der Waals surface area contributed by atoms with Crippen LogP contribution in [0.2, 0.25) is 10.0 Å². The van der Waals surface area contributed by atoms with Crippen LogP contribution in [0.15, 0.2) is 36.4 Å². The number of aromatic nitrogens is 2. The van der Waals surface area contributed by atoms with Gasteiger partial charge in [0.2, 0.25) is 0 Å². The number of halogens is 2. The van der Waals surface area contributed by atoms with Crippen LogP contribution in [0.3, 0.4) is 0 Å². The van der Waals surface area contributed by atoms with Crippen molar-refractivity contribution in [2.45, 2.75) is 19.8 Å². The molecule has 102 valence electrons. The zero-order valence-electron chi connectivity index (χ0n) is 11.1. The van der Waals surface area contributed by atoms with E-state index >= 15 is 0 Å². The van der Waals surface area contributed by atoms with Crippen LogP contribution in [0.1, 0.15) is 23.9 Å². The molecule has 0 aliphatic carbocycles. The SMILES string of the molecule is CCc1ccc2nc(Cc3ccc(Cl)c(Cl)c3)[nH]c2c1. The molecule has 1 heterocycles. The summed E-state index contributed by atoms with van der Waals surface area (Å²) in [6, 6.07) is 12.0. The van der Waals surface area contributed by atoms with E-state index in [2.05, 4.69) is 35.1 Å². The van der Waals surface area contributed by atoms with E-state index in [9.17, 15) is 0 Å². The van der Waals surface area contributed by atoms with E-state index in [-0.39, 0.29) is 0 Å². The average Bonchev–Trinajstić information content (AvgIpc) is 2.84. The summed E-state index contributed by atoms with van der Waals surface area (Å²) < 4.78 is 0. The normalized spacial score (nSPS) is 11.2. The number of hydrogen-bond donors (Lipinski definition) is 1. The molecule has 0 spiro atoms. The molecule has 4 heteroatoms. The first-order chi connectivity index (χ1) is 9.65. The molecule has 0 aliphatic rings. The number of benzene rings is 2. The molecule has 0 saturated carbocycles. The summed E-state index contributed by atoms with van der Waals surface area (Å²) in [5, 5.41) is 1.15. The predicted molar refractivity (Wildman–Crippen MR) is 84.7 cm³/mol. The Morgan fingerprint density at radius 1 is 1.00 bits per heavy atom. The van der Waals surface area contributed by atoms with Crippen molar-refractivity contribution in [3.63, 3.8) is 0 Å². The zero-order chi connectivity index (χ0) is 14.1. The molecule has 2 nitrogen and oxygen atoms in total. The van der Waals surface area contributed by atoms with E-state index in [0.717, 1.165) is 28.8 Å². The molecule has 3 rings (SSSR count). The third kappa shape index (κ3) is 2.67. The molecule has 0 amide bonds. The third-order valence-corrected chi connectivity index (χ3v) is 4.10. The van der Waals surface area contributed by atoms with Crippen LogP contribution in [0, 0.1) is 0 Å². The number of imidazole rings is 1. The minimum atomic E-state index is 0.576. The predicted octanol–water partition coefficient (Wildman–Crippen LogP) is 5.02. The third-order valence-electron chi connectivity index (χ3n) is 3.36. The minimum Gasteiger partial charge on any atom is -0.342 e. The number of nitrogens with zero attached hydrogens (tertiary/aromatic N) is 1. The topological polar surface area (TPSA) is 28.7 Å². The Bertz CT molecular complexity index is 762. The van der Waals surface area contributed by atoms with Crippen LogP contribution in [-0.2, 0) is 12.8 Å². The number of H-pyrrole nitrogens is 1. The second-order valence-electron chi connectivity index (χ2n) is 4.81. The van der Waals surface area contributed by atoms with Crippen molar-refractivity contribution >= 4 is 34.2 Å². The number of aryl methyl sites for hydroxylation is 1. The van der Waals surface area contributed by atoms with Gasteiger partial charge in [-0.15, -0.1) is 0 Å². The molecule has 0 atom stereocenters. The molecule has 20 heavy (non-hydrogen) atoms. The lowest BCUT2D eigenvalue weighted by Crippen LogP contribution is -1.90. The lowest BCUT2D eigenvalue weighted by Gasteiger charge is -2.00. The van der Waals surface area contributed by atoms with Gasteiger partial charge in [-0.1, -0.05) is 42.3 Å². The van der Waals surface area contributed by atoms with Crippen molar-refractivity contribution in [2.24, 2.45) is 0 Å². The van der Waals surface area contributed by atoms with E-state index < -0.39 is 0 Å². The van der Waals surface area contributed by atoms with Crippen molar-refractivity contribution in [3.8, 4) is 0 Å². The lowest BCUT2D eigenvalue weighted by molar-refractivity contribution is 1.04. The number of nitrogens with one attached hydrogen (secondary N) is 1. The van der Waals surface area contributed by atoms with Crippen LogP contribution in [0.4, 0.5) is 0 Å². The van der Waals surface area contributed by atoms with Crippen molar-refractivity contribution in [3.05, 3.63) is 63.4 Å². The summed E-state index contributed by atoms with van der Waals surface area (Å²) in [6.45, 7) is 2.15. The number of aromatic amines is 1. The van der Waals surface area contributed by atoms with E-state index in [1.54, 1.807) is 0 Å². The Morgan fingerprint density at radius 2 is 1.80 bits per heavy atom. The molecule has 2 aromatic carbocycles. The van der Waals surface area contributed by atoms with Gasteiger partial charge in [-0.2, -0.15) is 0 Å². The van der Waals surface area contributed by atoms with Gasteiger partial charge in [-0.05, 0) is 41.8 Å². The Morgan fingerprint density at radius 3 is 2.55 bits per heavy atom. The van der Waals surface area contributed by atoms with E-state index in [1.807, 2.05) is 18.2 Å². The van der Waals surface area contributed by atoms with Crippen LogP contribution < -0.4 is 0 Å². The van der Waals surface area contributed by atoms with E-state index in [1.165, 1.54) is 5.56 Å². The molecular formula is C16H14Cl2N2. The maximum absolute atomic E-state index is 6.04. The second kappa shape index (κ2) is 5.47. The maximum Gasteiger partial charge on any atom is 0.111 e. The highest BCUT2D eigenvalue weighted by Crippen LogP contribution is 2.24. The summed E-state index contributed by atoms with van der Waals surface area (Å²) in [5.74, 6) is 0.937. The molecule has 3 aromatic rings. The maximum atomic E-state index is 6.04. The van der Waals surface area contributed by atoms with Gasteiger partial charge in [0.1, 0.15) is 5.82 Å². The smallest absolute Gasteiger partial charge is 0.111 e. The van der Waals surface area contributed by atoms with Gasteiger partial charge in [0.05, 0.1) is 21.1 Å². The first-order valence-electron chi connectivity index (χ1n) is 6.57. The van der Waals surface area contributed by atoms with Crippen molar-refractivity contribution in [2.75, 3.05) is 0 Å². The van der Waals surface area contributed by atoms with Gasteiger partial charge < -0.3 is 4.98 Å². The molecule has 0 saturated heterocycles. The summed E-state index contributed by atoms with van der Waals surface area (Å²) in [6.07, 6.45) is 1.74. The molecule has 0 aliphatic heterocycles. The van der Waals surface area contributed by atoms with Gasteiger partial charge in [-0.25, -0.2) is 4.98 Å². The van der Waals surface area contributed by atoms with Gasteiger partial charge in [0, 0.05) is 6.42 Å². The van der Waals surface area contributed by atoms with E-state index in [0.29, 0.717) is 16.5 Å². The fourth-order valence-corrected chi connectivity index (χ4v) is 2.58. The second-order valence-corrected chi connectivity index (χ2v) is 5.63. The summed E-state index contributed by atoms with van der Waals surface area (Å²) in [4.78, 5) is 7.97. The summed E-state index contributed by atoms with van der Waals surface area (Å²) in [5.41, 5.74) is 4.48. The van der Waals surface area contributed by atoms with Gasteiger partial charge >= 0.3 is 0 Å². The summed E-state index contributed by atoms with van der Waals surface area (Å²) >= 11 is 12.0. The molecule has 1 N–H and O–H groups in total. The largest absolute Gasteiger partial charge is 0.342 e. The zero-order valence-corrected chi connectivity index (χ0v) is 12.6. The Kier molecular flexibility index (Phi) is 3.68. The summed E-state index contributed by atoms with van der Waals surface area (Å²) in [7, 11) is 0. The number of rotatable bonds is 3. The quantitative estimate of drug-likeness (QED) is 0.723. The Labute approximate surface area is 127 Å².